The minimum Gasteiger partial charge on any atom is -0.302 e. The van der Waals surface area contributed by atoms with Crippen LogP contribution in [0.5, 0.6) is 0 Å². The molecular formula is C12H12N4O2S. The average Bonchev–Trinajstić information content (AvgIpc) is 2.88. The fourth-order valence-electron chi connectivity index (χ4n) is 1.43. The summed E-state index contributed by atoms with van der Waals surface area (Å²) < 4.78 is 0. The molecule has 0 saturated heterocycles. The highest BCUT2D eigenvalue weighted by molar-refractivity contribution is 7.14. The van der Waals surface area contributed by atoms with E-state index >= 15 is 0 Å². The van der Waals surface area contributed by atoms with Gasteiger partial charge >= 0.3 is 0 Å². The monoisotopic (exact) mass is 276 g/mol. The molecule has 1 aromatic heterocycles. The summed E-state index contributed by atoms with van der Waals surface area (Å²) in [4.78, 5) is 26.7. The Kier molecular flexibility index (Phi) is 4.22. The molecule has 2 rings (SSSR count). The number of benzene rings is 1. The van der Waals surface area contributed by atoms with E-state index in [0.29, 0.717) is 5.13 Å². The first-order valence-electron chi connectivity index (χ1n) is 5.49. The predicted octanol–water partition coefficient (Wildman–Crippen LogP) is 1.13. The highest BCUT2D eigenvalue weighted by Crippen LogP contribution is 2.24. The molecule has 0 aliphatic carbocycles. The van der Waals surface area contributed by atoms with Crippen molar-refractivity contribution in [3.05, 3.63) is 35.7 Å². The van der Waals surface area contributed by atoms with Gasteiger partial charge in [-0.25, -0.2) is 10.8 Å². The van der Waals surface area contributed by atoms with Gasteiger partial charge in [0.25, 0.3) is 0 Å². The van der Waals surface area contributed by atoms with Gasteiger partial charge in [-0.05, 0) is 0 Å². The number of hydrogen-bond donors (Lipinski definition) is 3. The molecule has 4 N–H and O–H groups in total. The van der Waals surface area contributed by atoms with Crippen LogP contribution in [0.15, 0.2) is 35.7 Å². The number of rotatable bonds is 4. The molecule has 1 aromatic carbocycles. The Hall–Kier alpha value is -2.25. The molecule has 0 radical (unpaired) electrons. The number of thiazole rings is 1. The van der Waals surface area contributed by atoms with Crippen LogP contribution in [0.2, 0.25) is 0 Å². The first-order valence-corrected chi connectivity index (χ1v) is 6.37. The second kappa shape index (κ2) is 6.07. The average molecular weight is 276 g/mol. The Bertz CT molecular complexity index is 582. The van der Waals surface area contributed by atoms with Gasteiger partial charge < -0.3 is 5.32 Å². The van der Waals surface area contributed by atoms with Crippen molar-refractivity contribution in [2.75, 3.05) is 5.32 Å². The third kappa shape index (κ3) is 3.60. The van der Waals surface area contributed by atoms with Gasteiger partial charge in [-0.2, -0.15) is 0 Å². The van der Waals surface area contributed by atoms with Gasteiger partial charge in [-0.15, -0.1) is 11.3 Å². The number of aromatic nitrogens is 1. The number of carbonyl (C=O) groups is 2. The SMILES string of the molecule is NNC(=O)CC(=O)Nc1nc(-c2ccccc2)cs1. The quantitative estimate of drug-likeness (QED) is 0.337. The third-order valence-corrected chi connectivity index (χ3v) is 3.06. The van der Waals surface area contributed by atoms with Gasteiger partial charge in [0.05, 0.1) is 5.69 Å². The molecule has 0 aliphatic heterocycles. The smallest absolute Gasteiger partial charge is 0.243 e. The van der Waals surface area contributed by atoms with E-state index in [1.807, 2.05) is 41.1 Å². The molecule has 7 heteroatoms. The zero-order valence-electron chi connectivity index (χ0n) is 9.92. The van der Waals surface area contributed by atoms with Gasteiger partial charge in [-0.3, -0.25) is 15.0 Å². The van der Waals surface area contributed by atoms with E-state index < -0.39 is 11.8 Å². The van der Waals surface area contributed by atoms with E-state index in [1.54, 1.807) is 0 Å². The minimum atomic E-state index is -0.544. The van der Waals surface area contributed by atoms with Gasteiger partial charge in [0.15, 0.2) is 5.13 Å². The first kappa shape index (κ1) is 13.2. The number of hydrazine groups is 1. The number of hydrogen-bond acceptors (Lipinski definition) is 5. The zero-order valence-corrected chi connectivity index (χ0v) is 10.7. The summed E-state index contributed by atoms with van der Waals surface area (Å²) in [5.74, 6) is 3.91. The standard InChI is InChI=1S/C12H12N4O2S/c13-16-11(18)6-10(17)15-12-14-9(7-19-12)8-4-2-1-3-5-8/h1-5,7H,6,13H2,(H,16,18)(H,14,15,17). The summed E-state index contributed by atoms with van der Waals surface area (Å²) in [6.07, 6.45) is -0.323. The lowest BCUT2D eigenvalue weighted by Gasteiger charge is -2.00. The summed E-state index contributed by atoms with van der Waals surface area (Å²) >= 11 is 1.30. The predicted molar refractivity (Wildman–Crippen MR) is 73.1 cm³/mol. The molecule has 0 spiro atoms. The number of nitrogens with two attached hydrogens (primary N) is 1. The Morgan fingerprint density at radius 3 is 2.63 bits per heavy atom. The molecule has 6 nitrogen and oxygen atoms in total. The number of anilines is 1. The molecular weight excluding hydrogens is 264 g/mol. The van der Waals surface area contributed by atoms with Crippen LogP contribution in [0, 0.1) is 0 Å². The third-order valence-electron chi connectivity index (χ3n) is 2.30. The molecule has 19 heavy (non-hydrogen) atoms. The Morgan fingerprint density at radius 1 is 1.21 bits per heavy atom. The summed E-state index contributed by atoms with van der Waals surface area (Å²) in [5.41, 5.74) is 3.65. The number of nitrogens with one attached hydrogen (secondary N) is 2. The fraction of sp³-hybridized carbons (Fsp3) is 0.0833. The van der Waals surface area contributed by atoms with Crippen LogP contribution < -0.4 is 16.6 Å². The topological polar surface area (TPSA) is 97.1 Å². The summed E-state index contributed by atoms with van der Waals surface area (Å²) in [5, 5.41) is 4.84. The van der Waals surface area contributed by atoms with Crippen LogP contribution in [-0.2, 0) is 9.59 Å². The lowest BCUT2D eigenvalue weighted by Crippen LogP contribution is -2.33. The van der Waals surface area contributed by atoms with Crippen LogP contribution >= 0.6 is 11.3 Å². The van der Waals surface area contributed by atoms with Crippen molar-refractivity contribution >= 4 is 28.3 Å². The molecule has 0 saturated carbocycles. The summed E-state index contributed by atoms with van der Waals surface area (Å²) in [6.45, 7) is 0. The molecule has 1 heterocycles. The molecule has 0 atom stereocenters. The number of nitrogens with zero attached hydrogens (tertiary/aromatic N) is 1. The fourth-order valence-corrected chi connectivity index (χ4v) is 2.17. The van der Waals surface area contributed by atoms with Gasteiger partial charge in [0, 0.05) is 10.9 Å². The molecule has 0 unspecified atom stereocenters. The van der Waals surface area contributed by atoms with E-state index in [1.165, 1.54) is 11.3 Å². The van der Waals surface area contributed by atoms with E-state index in [2.05, 4.69) is 10.3 Å². The van der Waals surface area contributed by atoms with Crippen molar-refractivity contribution in [2.45, 2.75) is 6.42 Å². The second-order valence-corrected chi connectivity index (χ2v) is 4.55. The van der Waals surface area contributed by atoms with E-state index in [0.717, 1.165) is 11.3 Å². The van der Waals surface area contributed by atoms with Crippen LogP contribution in [0.25, 0.3) is 11.3 Å². The number of amides is 2. The molecule has 2 aromatic rings. The zero-order chi connectivity index (χ0) is 13.7. The number of carbonyl (C=O) groups excluding carboxylic acids is 2. The van der Waals surface area contributed by atoms with Crippen molar-refractivity contribution in [3.63, 3.8) is 0 Å². The van der Waals surface area contributed by atoms with E-state index in [9.17, 15) is 9.59 Å². The minimum absolute atomic E-state index is 0.323. The summed E-state index contributed by atoms with van der Waals surface area (Å²) in [6, 6.07) is 9.62. The molecule has 0 aliphatic rings. The Labute approximate surface area is 113 Å². The van der Waals surface area contributed by atoms with Crippen molar-refractivity contribution in [1.82, 2.24) is 10.4 Å². The van der Waals surface area contributed by atoms with Gasteiger partial charge in [-0.1, -0.05) is 30.3 Å². The van der Waals surface area contributed by atoms with Crippen LogP contribution in [0.4, 0.5) is 5.13 Å². The van der Waals surface area contributed by atoms with Crippen molar-refractivity contribution in [3.8, 4) is 11.3 Å². The maximum absolute atomic E-state index is 11.5. The van der Waals surface area contributed by atoms with Gasteiger partial charge in [0.2, 0.25) is 11.8 Å². The van der Waals surface area contributed by atoms with E-state index in [4.69, 9.17) is 5.84 Å². The molecule has 0 fully saturated rings. The summed E-state index contributed by atoms with van der Waals surface area (Å²) in [7, 11) is 0. The molecule has 0 bridgehead atoms. The Balaban J connectivity index is 2.02. The van der Waals surface area contributed by atoms with Crippen LogP contribution in [0.3, 0.4) is 0 Å². The van der Waals surface area contributed by atoms with Gasteiger partial charge in [0.1, 0.15) is 6.42 Å². The van der Waals surface area contributed by atoms with E-state index in [-0.39, 0.29) is 6.42 Å². The van der Waals surface area contributed by atoms with Crippen molar-refractivity contribution < 1.29 is 9.59 Å². The highest BCUT2D eigenvalue weighted by Gasteiger charge is 2.11. The maximum atomic E-state index is 11.5. The molecule has 98 valence electrons. The molecule has 2 amide bonds. The first-order chi connectivity index (χ1) is 9.19. The lowest BCUT2D eigenvalue weighted by atomic mass is 10.2. The second-order valence-electron chi connectivity index (χ2n) is 3.70. The Morgan fingerprint density at radius 2 is 1.95 bits per heavy atom. The lowest BCUT2D eigenvalue weighted by molar-refractivity contribution is -0.126. The largest absolute Gasteiger partial charge is 0.302 e. The maximum Gasteiger partial charge on any atom is 0.243 e. The highest BCUT2D eigenvalue weighted by atomic mass is 32.1. The van der Waals surface area contributed by atoms with Crippen LogP contribution in [0.1, 0.15) is 6.42 Å². The van der Waals surface area contributed by atoms with Crippen molar-refractivity contribution in [1.29, 1.82) is 0 Å². The van der Waals surface area contributed by atoms with Crippen LogP contribution in [-0.4, -0.2) is 16.8 Å². The normalized spacial score (nSPS) is 9.95. The van der Waals surface area contributed by atoms with Crippen molar-refractivity contribution in [2.24, 2.45) is 5.84 Å².